The Morgan fingerprint density at radius 1 is 1.35 bits per heavy atom. The van der Waals surface area contributed by atoms with Gasteiger partial charge in [-0.1, -0.05) is 15.9 Å². The number of aryl methyl sites for hydroxylation is 1. The molecule has 4 heteroatoms. The summed E-state index contributed by atoms with van der Waals surface area (Å²) in [7, 11) is 0. The molecule has 1 N–H and O–H groups in total. The highest BCUT2D eigenvalue weighted by molar-refractivity contribution is 9.10. The minimum atomic E-state index is -0.381. The van der Waals surface area contributed by atoms with Gasteiger partial charge in [0.2, 0.25) is 0 Å². The lowest BCUT2D eigenvalue weighted by Crippen LogP contribution is -1.98. The second-order valence-corrected chi connectivity index (χ2v) is 6.90. The standard InChI is InChI=1S/C13H13BrOS2/c1-9-6-10(7-16-9)13(15)8-17-12-4-2-11(14)3-5-12/h2-7,13,15H,8H2,1H3. The van der Waals surface area contributed by atoms with Crippen molar-refractivity contribution in [1.82, 2.24) is 0 Å². The molecule has 0 radical (unpaired) electrons. The number of aliphatic hydroxyl groups is 1. The zero-order chi connectivity index (χ0) is 12.3. The fourth-order valence-electron chi connectivity index (χ4n) is 1.44. The van der Waals surface area contributed by atoms with Crippen LogP contribution in [0.3, 0.4) is 0 Å². The zero-order valence-corrected chi connectivity index (χ0v) is 12.6. The molecule has 0 saturated heterocycles. The Balaban J connectivity index is 1.92. The molecule has 0 saturated carbocycles. The fraction of sp³-hybridized carbons (Fsp3) is 0.231. The Labute approximate surface area is 118 Å². The van der Waals surface area contributed by atoms with E-state index in [0.717, 1.165) is 10.0 Å². The van der Waals surface area contributed by atoms with Crippen molar-refractivity contribution in [1.29, 1.82) is 0 Å². The van der Waals surface area contributed by atoms with E-state index in [1.54, 1.807) is 23.1 Å². The lowest BCUT2D eigenvalue weighted by Gasteiger charge is -2.08. The quantitative estimate of drug-likeness (QED) is 0.824. The Kier molecular flexibility index (Phi) is 4.68. The Hall–Kier alpha value is -0.290. The summed E-state index contributed by atoms with van der Waals surface area (Å²) >= 11 is 6.76. The second kappa shape index (κ2) is 6.05. The van der Waals surface area contributed by atoms with Crippen LogP contribution < -0.4 is 0 Å². The average molecular weight is 329 g/mol. The molecular formula is C13H13BrOS2. The van der Waals surface area contributed by atoms with Crippen molar-refractivity contribution in [2.24, 2.45) is 0 Å². The molecule has 2 rings (SSSR count). The van der Waals surface area contributed by atoms with Gasteiger partial charge in [0.25, 0.3) is 0 Å². The van der Waals surface area contributed by atoms with E-state index in [4.69, 9.17) is 0 Å². The first-order chi connectivity index (χ1) is 8.15. The van der Waals surface area contributed by atoms with Crippen LogP contribution in [0.4, 0.5) is 0 Å². The Morgan fingerprint density at radius 3 is 2.65 bits per heavy atom. The summed E-state index contributed by atoms with van der Waals surface area (Å²) in [5.41, 5.74) is 1.03. The molecule has 90 valence electrons. The van der Waals surface area contributed by atoms with E-state index in [1.807, 2.05) is 17.5 Å². The Bertz CT molecular complexity index is 478. The van der Waals surface area contributed by atoms with Crippen LogP contribution in [0.15, 0.2) is 45.1 Å². The summed E-state index contributed by atoms with van der Waals surface area (Å²) in [5, 5.41) is 12.1. The number of thiophene rings is 1. The maximum atomic E-state index is 10.0. The van der Waals surface area contributed by atoms with E-state index in [2.05, 4.69) is 41.1 Å². The van der Waals surface area contributed by atoms with Crippen LogP contribution >= 0.6 is 39.0 Å². The van der Waals surface area contributed by atoms with Gasteiger partial charge in [0.15, 0.2) is 0 Å². The molecule has 1 nitrogen and oxygen atoms in total. The molecule has 0 amide bonds. The predicted molar refractivity (Wildman–Crippen MR) is 78.9 cm³/mol. The number of rotatable bonds is 4. The first-order valence-electron chi connectivity index (χ1n) is 5.26. The molecule has 0 aliphatic heterocycles. The summed E-state index contributed by atoms with van der Waals surface area (Å²) < 4.78 is 1.08. The molecule has 2 aromatic rings. The topological polar surface area (TPSA) is 20.2 Å². The normalized spacial score (nSPS) is 12.6. The van der Waals surface area contributed by atoms with Gasteiger partial charge in [0, 0.05) is 20.0 Å². The van der Waals surface area contributed by atoms with Gasteiger partial charge in [-0.05, 0) is 48.2 Å². The van der Waals surface area contributed by atoms with Gasteiger partial charge in [-0.2, -0.15) is 0 Å². The first-order valence-corrected chi connectivity index (χ1v) is 7.92. The number of halogens is 1. The highest BCUT2D eigenvalue weighted by atomic mass is 79.9. The minimum absolute atomic E-state index is 0.381. The van der Waals surface area contributed by atoms with Gasteiger partial charge < -0.3 is 5.11 Å². The number of hydrogen-bond donors (Lipinski definition) is 1. The molecule has 0 spiro atoms. The summed E-state index contributed by atoms with van der Waals surface area (Å²) in [4.78, 5) is 2.42. The summed E-state index contributed by atoms with van der Waals surface area (Å²) in [6.07, 6.45) is -0.381. The zero-order valence-electron chi connectivity index (χ0n) is 9.39. The molecule has 0 bridgehead atoms. The highest BCUT2D eigenvalue weighted by Crippen LogP contribution is 2.27. The van der Waals surface area contributed by atoms with Crippen molar-refractivity contribution in [2.45, 2.75) is 17.9 Å². The van der Waals surface area contributed by atoms with E-state index in [1.165, 1.54) is 9.77 Å². The van der Waals surface area contributed by atoms with Gasteiger partial charge >= 0.3 is 0 Å². The molecule has 0 fully saturated rings. The summed E-state index contributed by atoms with van der Waals surface area (Å²) in [6, 6.07) is 10.2. The Morgan fingerprint density at radius 2 is 2.06 bits per heavy atom. The van der Waals surface area contributed by atoms with Crippen molar-refractivity contribution in [3.05, 3.63) is 50.6 Å². The maximum Gasteiger partial charge on any atom is 0.0892 e. The van der Waals surface area contributed by atoms with Crippen LogP contribution in [-0.2, 0) is 0 Å². The molecule has 1 atom stereocenters. The van der Waals surface area contributed by atoms with Crippen molar-refractivity contribution < 1.29 is 5.11 Å². The molecule has 0 aliphatic carbocycles. The number of benzene rings is 1. The lowest BCUT2D eigenvalue weighted by molar-refractivity contribution is 0.204. The highest BCUT2D eigenvalue weighted by Gasteiger charge is 2.09. The molecule has 0 aliphatic rings. The summed E-state index contributed by atoms with van der Waals surface area (Å²) in [5.74, 6) is 0.692. The van der Waals surface area contributed by atoms with Crippen LogP contribution in [0.2, 0.25) is 0 Å². The smallest absolute Gasteiger partial charge is 0.0892 e. The maximum absolute atomic E-state index is 10.0. The van der Waals surface area contributed by atoms with Crippen LogP contribution in [0.1, 0.15) is 16.5 Å². The second-order valence-electron chi connectivity index (χ2n) is 3.77. The van der Waals surface area contributed by atoms with E-state index in [9.17, 15) is 5.11 Å². The van der Waals surface area contributed by atoms with Crippen LogP contribution in [0.5, 0.6) is 0 Å². The van der Waals surface area contributed by atoms with Gasteiger partial charge in [-0.15, -0.1) is 23.1 Å². The minimum Gasteiger partial charge on any atom is -0.388 e. The SMILES string of the molecule is Cc1cc(C(O)CSc2ccc(Br)cc2)cs1. The molecule has 1 aromatic heterocycles. The van der Waals surface area contributed by atoms with Gasteiger partial charge in [-0.3, -0.25) is 0 Å². The van der Waals surface area contributed by atoms with E-state index >= 15 is 0 Å². The average Bonchev–Trinajstić information content (AvgIpc) is 2.75. The third-order valence-corrected chi connectivity index (χ3v) is 4.85. The molecule has 1 aromatic carbocycles. The largest absolute Gasteiger partial charge is 0.388 e. The molecule has 1 heterocycles. The van der Waals surface area contributed by atoms with E-state index in [0.29, 0.717) is 5.75 Å². The van der Waals surface area contributed by atoms with E-state index in [-0.39, 0.29) is 6.10 Å². The molecular weight excluding hydrogens is 316 g/mol. The summed E-state index contributed by atoms with van der Waals surface area (Å²) in [6.45, 7) is 2.06. The van der Waals surface area contributed by atoms with Crippen LogP contribution in [0.25, 0.3) is 0 Å². The fourth-order valence-corrected chi connectivity index (χ4v) is 3.33. The van der Waals surface area contributed by atoms with Crippen LogP contribution in [-0.4, -0.2) is 10.9 Å². The van der Waals surface area contributed by atoms with E-state index < -0.39 is 0 Å². The third-order valence-electron chi connectivity index (χ3n) is 2.36. The number of hydrogen-bond acceptors (Lipinski definition) is 3. The van der Waals surface area contributed by atoms with Crippen molar-refractivity contribution in [3.8, 4) is 0 Å². The number of aliphatic hydroxyl groups excluding tert-OH is 1. The monoisotopic (exact) mass is 328 g/mol. The lowest BCUT2D eigenvalue weighted by atomic mass is 10.2. The van der Waals surface area contributed by atoms with Gasteiger partial charge in [0.1, 0.15) is 0 Å². The van der Waals surface area contributed by atoms with Gasteiger partial charge in [0.05, 0.1) is 6.10 Å². The van der Waals surface area contributed by atoms with Crippen molar-refractivity contribution in [2.75, 3.05) is 5.75 Å². The van der Waals surface area contributed by atoms with Crippen molar-refractivity contribution in [3.63, 3.8) is 0 Å². The third kappa shape index (κ3) is 3.85. The van der Waals surface area contributed by atoms with Crippen molar-refractivity contribution >= 4 is 39.0 Å². The predicted octanol–water partition coefficient (Wildman–Crippen LogP) is 4.64. The van der Waals surface area contributed by atoms with Gasteiger partial charge in [-0.25, -0.2) is 0 Å². The molecule has 17 heavy (non-hydrogen) atoms. The molecule has 1 unspecified atom stereocenters. The number of thioether (sulfide) groups is 1. The van der Waals surface area contributed by atoms with Crippen LogP contribution in [0, 0.1) is 6.92 Å². The first kappa shape index (κ1) is 13.1.